The van der Waals surface area contributed by atoms with Crippen LogP contribution in [0.5, 0.6) is 0 Å². The Morgan fingerprint density at radius 1 is 1.06 bits per heavy atom. The molecule has 1 aromatic heterocycles. The van der Waals surface area contributed by atoms with Crippen molar-refractivity contribution >= 4 is 22.5 Å². The van der Waals surface area contributed by atoms with Gasteiger partial charge in [-0.2, -0.15) is 26.3 Å². The number of fused-ring (bicyclic) bond motifs is 1. The molecule has 1 N–H and O–H groups in total. The maximum Gasteiger partial charge on any atom is 0.418 e. The largest absolute Gasteiger partial charge is 0.418 e. The third kappa shape index (κ3) is 5.97. The lowest BCUT2D eigenvalue weighted by atomic mass is 9.92. The van der Waals surface area contributed by atoms with Gasteiger partial charge in [0.15, 0.2) is 0 Å². The highest BCUT2D eigenvalue weighted by Gasteiger charge is 2.45. The van der Waals surface area contributed by atoms with Crippen molar-refractivity contribution in [1.82, 2.24) is 20.1 Å². The number of piperidine rings is 1. The summed E-state index contributed by atoms with van der Waals surface area (Å²) in [6.45, 7) is 2.71. The molecule has 4 rings (SSSR count). The van der Waals surface area contributed by atoms with Crippen LogP contribution in [-0.4, -0.2) is 85.8 Å². The first-order chi connectivity index (χ1) is 16.4. The topological polar surface area (TPSA) is 51.7 Å². The molecule has 0 aliphatic carbocycles. The number of rotatable bonds is 4. The van der Waals surface area contributed by atoms with Gasteiger partial charge in [-0.25, -0.2) is 0 Å². The standard InChI is InChI=1S/C23H27F6N5O/c1-32-7-9-33(10-8-32)14-20(35)31-16-11-15(22(24,25)26)12-34(13-16)19-5-4-18(23(27,28)29)21-17(19)3-2-6-30-21/h2-6,15-16H,7-14H2,1H3,(H,31,35)/t15-,16?/m0/s1. The summed E-state index contributed by atoms with van der Waals surface area (Å²) in [6.07, 6.45) is -8.23. The molecule has 0 saturated carbocycles. The Hall–Kier alpha value is -2.60. The maximum atomic E-state index is 13.8. The Morgan fingerprint density at radius 3 is 2.43 bits per heavy atom. The van der Waals surface area contributed by atoms with Gasteiger partial charge in [0.25, 0.3) is 0 Å². The van der Waals surface area contributed by atoms with Crippen LogP contribution in [0.2, 0.25) is 0 Å². The molecule has 2 saturated heterocycles. The summed E-state index contributed by atoms with van der Waals surface area (Å²) in [7, 11) is 1.98. The number of hydrogen-bond donors (Lipinski definition) is 1. The van der Waals surface area contributed by atoms with Crippen LogP contribution in [0, 0.1) is 5.92 Å². The zero-order chi connectivity index (χ0) is 25.4. The number of anilines is 1. The van der Waals surface area contributed by atoms with Crippen LogP contribution in [0.4, 0.5) is 32.0 Å². The zero-order valence-electron chi connectivity index (χ0n) is 19.2. The van der Waals surface area contributed by atoms with Crippen LogP contribution in [0.15, 0.2) is 30.5 Å². The molecule has 2 fully saturated rings. The van der Waals surface area contributed by atoms with Crippen LogP contribution in [0.1, 0.15) is 12.0 Å². The van der Waals surface area contributed by atoms with E-state index in [-0.39, 0.29) is 42.0 Å². The van der Waals surface area contributed by atoms with Gasteiger partial charge in [-0.15, -0.1) is 0 Å². The van der Waals surface area contributed by atoms with E-state index in [1.165, 1.54) is 29.3 Å². The van der Waals surface area contributed by atoms with Crippen LogP contribution in [-0.2, 0) is 11.0 Å². The van der Waals surface area contributed by atoms with Crippen LogP contribution >= 0.6 is 0 Å². The van der Waals surface area contributed by atoms with Gasteiger partial charge in [-0.05, 0) is 37.7 Å². The van der Waals surface area contributed by atoms with Crippen molar-refractivity contribution in [3.05, 3.63) is 36.0 Å². The Labute approximate surface area is 198 Å². The zero-order valence-corrected chi connectivity index (χ0v) is 19.2. The van der Waals surface area contributed by atoms with E-state index in [4.69, 9.17) is 0 Å². The lowest BCUT2D eigenvalue weighted by molar-refractivity contribution is -0.178. The Kier molecular flexibility index (Phi) is 7.14. The van der Waals surface area contributed by atoms with E-state index in [0.29, 0.717) is 13.1 Å². The normalized spacial score (nSPS) is 23.0. The molecule has 2 atom stereocenters. The number of hydrogen-bond acceptors (Lipinski definition) is 5. The number of nitrogens with zero attached hydrogens (tertiary/aromatic N) is 4. The fourth-order valence-corrected chi connectivity index (χ4v) is 4.78. The summed E-state index contributed by atoms with van der Waals surface area (Å²) >= 11 is 0. The SMILES string of the molecule is CN1CCN(CC(=O)NC2C[C@H](C(F)(F)F)CN(c3ccc(C(F)(F)F)c4ncccc34)C2)CC1. The van der Waals surface area contributed by atoms with E-state index in [9.17, 15) is 31.1 Å². The highest BCUT2D eigenvalue weighted by atomic mass is 19.4. The number of pyridine rings is 1. The molecule has 0 bridgehead atoms. The van der Waals surface area contributed by atoms with Crippen molar-refractivity contribution in [2.75, 3.05) is 57.8 Å². The molecule has 2 aliphatic rings. The fourth-order valence-electron chi connectivity index (χ4n) is 4.78. The number of alkyl halides is 6. The average Bonchev–Trinajstić information content (AvgIpc) is 2.78. The molecular formula is C23H27F6N5O. The number of halogens is 6. The molecule has 1 aromatic carbocycles. The molecular weight excluding hydrogens is 476 g/mol. The Balaban J connectivity index is 1.57. The smallest absolute Gasteiger partial charge is 0.368 e. The predicted octanol–water partition coefficient (Wildman–Crippen LogP) is 3.37. The monoisotopic (exact) mass is 503 g/mol. The molecule has 3 heterocycles. The highest BCUT2D eigenvalue weighted by Crippen LogP contribution is 2.40. The van der Waals surface area contributed by atoms with Crippen molar-refractivity contribution in [1.29, 1.82) is 0 Å². The third-order valence-corrected chi connectivity index (χ3v) is 6.63. The van der Waals surface area contributed by atoms with Gasteiger partial charge in [-0.3, -0.25) is 14.7 Å². The number of carbonyl (C=O) groups is 1. The summed E-state index contributed by atoms with van der Waals surface area (Å²) in [5.74, 6) is -2.10. The van der Waals surface area contributed by atoms with Gasteiger partial charge >= 0.3 is 12.4 Å². The summed E-state index contributed by atoms with van der Waals surface area (Å²) in [6, 6.07) is 4.11. The second kappa shape index (κ2) is 9.81. The Morgan fingerprint density at radius 2 is 1.77 bits per heavy atom. The molecule has 6 nitrogen and oxygen atoms in total. The average molecular weight is 503 g/mol. The highest BCUT2D eigenvalue weighted by molar-refractivity contribution is 5.94. The second-order valence-electron chi connectivity index (χ2n) is 9.25. The predicted molar refractivity (Wildman–Crippen MR) is 119 cm³/mol. The molecule has 0 radical (unpaired) electrons. The summed E-state index contributed by atoms with van der Waals surface area (Å²) in [5, 5.41) is 2.85. The molecule has 192 valence electrons. The molecule has 1 unspecified atom stereocenters. The van der Waals surface area contributed by atoms with Gasteiger partial charge < -0.3 is 15.1 Å². The number of carbonyl (C=O) groups excluding carboxylic acids is 1. The third-order valence-electron chi connectivity index (χ3n) is 6.63. The first-order valence-corrected chi connectivity index (χ1v) is 11.4. The van der Waals surface area contributed by atoms with Crippen LogP contribution in [0.3, 0.4) is 0 Å². The van der Waals surface area contributed by atoms with Gasteiger partial charge in [0, 0.05) is 62.6 Å². The molecule has 35 heavy (non-hydrogen) atoms. The number of benzene rings is 1. The first-order valence-electron chi connectivity index (χ1n) is 11.4. The van der Waals surface area contributed by atoms with Gasteiger partial charge in [0.1, 0.15) is 0 Å². The summed E-state index contributed by atoms with van der Waals surface area (Å²) in [4.78, 5) is 22.0. The van der Waals surface area contributed by atoms with E-state index in [0.717, 1.165) is 19.2 Å². The number of piperazine rings is 1. The first kappa shape index (κ1) is 25.5. The number of aromatic nitrogens is 1. The molecule has 0 spiro atoms. The minimum atomic E-state index is -4.65. The molecule has 1 amide bonds. The van der Waals surface area contributed by atoms with Crippen molar-refractivity contribution in [2.45, 2.75) is 24.8 Å². The van der Waals surface area contributed by atoms with Crippen molar-refractivity contribution in [3.63, 3.8) is 0 Å². The summed E-state index contributed by atoms with van der Waals surface area (Å²) in [5.41, 5.74) is -1.03. The van der Waals surface area contributed by atoms with E-state index >= 15 is 0 Å². The molecule has 12 heteroatoms. The van der Waals surface area contributed by atoms with E-state index in [2.05, 4.69) is 15.2 Å². The van der Waals surface area contributed by atoms with Crippen molar-refractivity contribution in [3.8, 4) is 0 Å². The maximum absolute atomic E-state index is 13.8. The number of nitrogens with one attached hydrogen (secondary N) is 1. The minimum absolute atomic E-state index is 0.0520. The number of amides is 1. The van der Waals surface area contributed by atoms with Gasteiger partial charge in [0.2, 0.25) is 5.91 Å². The second-order valence-corrected chi connectivity index (χ2v) is 9.25. The fraction of sp³-hybridized carbons (Fsp3) is 0.565. The van der Waals surface area contributed by atoms with E-state index in [1.54, 1.807) is 0 Å². The minimum Gasteiger partial charge on any atom is -0.368 e. The van der Waals surface area contributed by atoms with Crippen molar-refractivity contribution < 1.29 is 31.1 Å². The lowest BCUT2D eigenvalue weighted by Gasteiger charge is -2.41. The van der Waals surface area contributed by atoms with Crippen molar-refractivity contribution in [2.24, 2.45) is 5.92 Å². The van der Waals surface area contributed by atoms with Crippen LogP contribution < -0.4 is 10.2 Å². The van der Waals surface area contributed by atoms with E-state index in [1.807, 2.05) is 11.9 Å². The quantitative estimate of drug-likeness (QED) is 0.649. The van der Waals surface area contributed by atoms with Gasteiger partial charge in [-0.1, -0.05) is 0 Å². The van der Waals surface area contributed by atoms with Gasteiger partial charge in [0.05, 0.1) is 23.5 Å². The Bertz CT molecular complexity index is 1050. The molecule has 2 aliphatic heterocycles. The van der Waals surface area contributed by atoms with E-state index < -0.39 is 36.4 Å². The molecule has 2 aromatic rings. The lowest BCUT2D eigenvalue weighted by Crippen LogP contribution is -2.56. The number of likely N-dealkylation sites (N-methyl/N-ethyl adjacent to an activating group) is 1. The van der Waals surface area contributed by atoms with Crippen LogP contribution in [0.25, 0.3) is 10.9 Å². The summed E-state index contributed by atoms with van der Waals surface area (Å²) < 4.78 is 81.7.